The van der Waals surface area contributed by atoms with Crippen LogP contribution in [0.1, 0.15) is 24.1 Å². The Morgan fingerprint density at radius 2 is 2.06 bits per heavy atom. The fourth-order valence-corrected chi connectivity index (χ4v) is 3.44. The van der Waals surface area contributed by atoms with E-state index < -0.39 is 5.69 Å². The Balaban J connectivity index is 1.62. The third-order valence-corrected chi connectivity index (χ3v) is 5.45. The van der Waals surface area contributed by atoms with Gasteiger partial charge in [-0.3, -0.25) is 4.98 Å². The van der Waals surface area contributed by atoms with Crippen molar-refractivity contribution in [2.24, 2.45) is 4.99 Å². The van der Waals surface area contributed by atoms with Gasteiger partial charge < -0.3 is 15.0 Å². The van der Waals surface area contributed by atoms with Crippen LogP contribution in [0.5, 0.6) is 5.88 Å². The van der Waals surface area contributed by atoms with E-state index in [1.165, 1.54) is 0 Å². The predicted octanol–water partition coefficient (Wildman–Crippen LogP) is 0.856. The van der Waals surface area contributed by atoms with E-state index >= 15 is 0 Å². The molecule has 158 valence electrons. The van der Waals surface area contributed by atoms with Gasteiger partial charge in [0.25, 0.3) is 5.62 Å². The molecule has 1 aliphatic rings. The minimum absolute atomic E-state index is 0.242. The molecule has 3 heterocycles. The second-order valence-electron chi connectivity index (χ2n) is 7.49. The van der Waals surface area contributed by atoms with E-state index in [1.54, 1.807) is 16.8 Å². The van der Waals surface area contributed by atoms with Crippen molar-refractivity contribution < 1.29 is 5.11 Å². The number of aromatic nitrogens is 6. The van der Waals surface area contributed by atoms with Crippen LogP contribution in [0.2, 0.25) is 0 Å². The molecule has 3 N–H and O–H groups in total. The number of nitrogens with one attached hydrogen (secondary N) is 2. The first kappa shape index (κ1) is 19.5. The van der Waals surface area contributed by atoms with Gasteiger partial charge in [0.2, 0.25) is 11.8 Å². The van der Waals surface area contributed by atoms with Crippen molar-refractivity contribution in [3.63, 3.8) is 0 Å². The van der Waals surface area contributed by atoms with Gasteiger partial charge in [0, 0.05) is 23.3 Å². The van der Waals surface area contributed by atoms with Gasteiger partial charge in [-0.05, 0) is 36.6 Å². The summed E-state index contributed by atoms with van der Waals surface area (Å²) in [5.74, 6) is 0.269. The minimum Gasteiger partial charge on any atom is -0.493 e. The number of aromatic hydroxyl groups is 1. The first-order chi connectivity index (χ1) is 15.0. The normalized spacial score (nSPS) is 15.2. The number of anilines is 1. The number of fused-ring (bicyclic) bond motifs is 1. The average molecular weight is 483 g/mol. The number of hydrogen-bond donors (Lipinski definition) is 3. The Bertz CT molecular complexity index is 1430. The molecule has 0 bridgehead atoms. The number of halogens is 1. The molecule has 0 amide bonds. The van der Waals surface area contributed by atoms with E-state index in [2.05, 4.69) is 36.0 Å². The van der Waals surface area contributed by atoms with Gasteiger partial charge in [0.05, 0.1) is 12.2 Å². The molecular formula is C20H19BrN8O2. The van der Waals surface area contributed by atoms with Crippen LogP contribution in [0.3, 0.4) is 0 Å². The molecule has 4 aromatic rings. The summed E-state index contributed by atoms with van der Waals surface area (Å²) in [6, 6.07) is 8.32. The Hall–Kier alpha value is -3.47. The third kappa shape index (κ3) is 4.08. The van der Waals surface area contributed by atoms with Crippen LogP contribution in [-0.4, -0.2) is 47.7 Å². The Morgan fingerprint density at radius 3 is 2.74 bits per heavy atom. The quantitative estimate of drug-likeness (QED) is 0.387. The summed E-state index contributed by atoms with van der Waals surface area (Å²) in [4.78, 5) is 32.3. The van der Waals surface area contributed by atoms with Crippen LogP contribution in [0.15, 0.2) is 44.7 Å². The van der Waals surface area contributed by atoms with Crippen LogP contribution >= 0.6 is 15.9 Å². The molecule has 3 aromatic heterocycles. The van der Waals surface area contributed by atoms with Gasteiger partial charge in [-0.1, -0.05) is 28.1 Å². The van der Waals surface area contributed by atoms with E-state index in [-0.39, 0.29) is 17.6 Å². The largest absolute Gasteiger partial charge is 0.493 e. The molecule has 0 spiro atoms. The first-order valence-electron chi connectivity index (χ1n) is 9.74. The maximum absolute atomic E-state index is 11.5. The van der Waals surface area contributed by atoms with Crippen molar-refractivity contribution in [2.75, 3.05) is 11.9 Å². The summed E-state index contributed by atoms with van der Waals surface area (Å²) in [5, 5.41) is 14.9. The molecule has 1 fully saturated rings. The van der Waals surface area contributed by atoms with Crippen molar-refractivity contribution in [3.8, 4) is 5.88 Å². The second kappa shape index (κ2) is 7.65. The highest BCUT2D eigenvalue weighted by Gasteiger charge is 2.21. The number of imidazole rings is 1. The summed E-state index contributed by atoms with van der Waals surface area (Å²) < 4.78 is 2.61. The highest BCUT2D eigenvalue weighted by atomic mass is 79.9. The summed E-state index contributed by atoms with van der Waals surface area (Å²) >= 11 is 3.45. The average Bonchev–Trinajstić information content (AvgIpc) is 3.38. The first-order valence-corrected chi connectivity index (χ1v) is 10.5. The SMILES string of the molecule is CN(Cc1ccc(Br)cc1)c1nc(=NC2CC2)n2nc/c(=C\c3[nH]c(=O)[nH]c3O)c2n1. The lowest BCUT2D eigenvalue weighted by atomic mass is 10.2. The lowest BCUT2D eigenvalue weighted by Crippen LogP contribution is -2.28. The van der Waals surface area contributed by atoms with Crippen LogP contribution in [0.25, 0.3) is 11.7 Å². The van der Waals surface area contributed by atoms with E-state index in [4.69, 9.17) is 9.98 Å². The summed E-state index contributed by atoms with van der Waals surface area (Å²) in [5.41, 5.74) is 1.90. The standard InChI is InChI=1S/C20H19BrN8O2/c1-28(10-11-2-4-13(21)5-3-11)18-25-16-12(8-15-17(30)26-20(31)24-15)9-22-29(16)19(27-18)23-14-6-7-14/h2-5,8-9,14,30H,6-7,10H2,1H3,(H2,24,26,31)/b12-8+,23-19?. The molecule has 1 aromatic carbocycles. The van der Waals surface area contributed by atoms with Crippen molar-refractivity contribution >= 4 is 33.6 Å². The van der Waals surface area contributed by atoms with Crippen LogP contribution in [0.4, 0.5) is 5.95 Å². The second-order valence-corrected chi connectivity index (χ2v) is 8.40. The monoisotopic (exact) mass is 482 g/mol. The Labute approximate surface area is 184 Å². The fourth-order valence-electron chi connectivity index (χ4n) is 3.17. The zero-order valence-corrected chi connectivity index (χ0v) is 18.2. The molecule has 31 heavy (non-hydrogen) atoms. The molecule has 1 aliphatic carbocycles. The molecule has 1 saturated carbocycles. The minimum atomic E-state index is -0.491. The van der Waals surface area contributed by atoms with Crippen molar-refractivity contribution in [1.29, 1.82) is 0 Å². The van der Waals surface area contributed by atoms with Gasteiger partial charge in [-0.2, -0.15) is 19.6 Å². The highest BCUT2D eigenvalue weighted by Crippen LogP contribution is 2.22. The number of aromatic amines is 2. The van der Waals surface area contributed by atoms with Crippen LogP contribution in [0, 0.1) is 0 Å². The predicted molar refractivity (Wildman–Crippen MR) is 117 cm³/mol. The van der Waals surface area contributed by atoms with E-state index in [0.717, 1.165) is 22.9 Å². The summed E-state index contributed by atoms with van der Waals surface area (Å²) in [6.07, 6.45) is 5.30. The molecule has 0 unspecified atom stereocenters. The van der Waals surface area contributed by atoms with Crippen LogP contribution < -0.4 is 21.4 Å². The molecular weight excluding hydrogens is 464 g/mol. The molecule has 0 aliphatic heterocycles. The zero-order chi connectivity index (χ0) is 21.5. The number of rotatable bonds is 5. The number of nitrogens with zero attached hydrogens (tertiary/aromatic N) is 6. The van der Waals surface area contributed by atoms with Gasteiger partial charge in [0.15, 0.2) is 5.65 Å². The van der Waals surface area contributed by atoms with Crippen LogP contribution in [-0.2, 0) is 6.54 Å². The van der Waals surface area contributed by atoms with Crippen molar-refractivity contribution in [3.05, 3.63) is 67.5 Å². The van der Waals surface area contributed by atoms with E-state index in [1.807, 2.05) is 36.2 Å². The van der Waals surface area contributed by atoms with Crippen molar-refractivity contribution in [2.45, 2.75) is 25.4 Å². The van der Waals surface area contributed by atoms with Gasteiger partial charge in [-0.15, -0.1) is 0 Å². The smallest absolute Gasteiger partial charge is 0.326 e. The number of hydrogen-bond acceptors (Lipinski definition) is 7. The third-order valence-electron chi connectivity index (χ3n) is 4.92. The molecule has 0 atom stereocenters. The van der Waals surface area contributed by atoms with E-state index in [0.29, 0.717) is 29.0 Å². The zero-order valence-electron chi connectivity index (χ0n) is 16.6. The lowest BCUT2D eigenvalue weighted by Gasteiger charge is -2.17. The Morgan fingerprint density at radius 1 is 1.29 bits per heavy atom. The van der Waals surface area contributed by atoms with Gasteiger partial charge >= 0.3 is 5.69 Å². The number of H-pyrrole nitrogens is 2. The number of benzene rings is 1. The summed E-state index contributed by atoms with van der Waals surface area (Å²) in [6.45, 7) is 0.616. The molecule has 0 radical (unpaired) electrons. The van der Waals surface area contributed by atoms with Crippen molar-refractivity contribution in [1.82, 2.24) is 29.5 Å². The highest BCUT2D eigenvalue weighted by molar-refractivity contribution is 9.10. The van der Waals surface area contributed by atoms with E-state index in [9.17, 15) is 9.90 Å². The van der Waals surface area contributed by atoms with Gasteiger partial charge in [0.1, 0.15) is 5.69 Å². The fraction of sp³-hybridized carbons (Fsp3) is 0.250. The molecule has 5 rings (SSSR count). The Kier molecular flexibility index (Phi) is 4.81. The van der Waals surface area contributed by atoms with Gasteiger partial charge in [-0.25, -0.2) is 9.79 Å². The maximum Gasteiger partial charge on any atom is 0.326 e. The molecule has 0 saturated heterocycles. The lowest BCUT2D eigenvalue weighted by molar-refractivity contribution is 0.454. The molecule has 11 heteroatoms. The molecule has 10 nitrogen and oxygen atoms in total. The topological polar surface area (TPSA) is 128 Å². The maximum atomic E-state index is 11.5. The summed E-state index contributed by atoms with van der Waals surface area (Å²) in [7, 11) is 1.92.